The number of para-hydroxylation sites is 1. The predicted octanol–water partition coefficient (Wildman–Crippen LogP) is 2.97. The Morgan fingerprint density at radius 2 is 1.06 bits per heavy atom. The summed E-state index contributed by atoms with van der Waals surface area (Å²) in [5.41, 5.74) is 1.56. The molecule has 0 amide bonds. The van der Waals surface area contributed by atoms with Gasteiger partial charge in [-0.05, 0) is 36.4 Å². The molecule has 2 heterocycles. The first kappa shape index (κ1) is 9.78. The Morgan fingerprint density at radius 1 is 0.647 bits per heavy atom. The van der Waals surface area contributed by atoms with E-state index in [4.69, 9.17) is 0 Å². The van der Waals surface area contributed by atoms with E-state index in [-0.39, 0.29) is 5.75 Å². The van der Waals surface area contributed by atoms with Crippen LogP contribution in [0.1, 0.15) is 0 Å². The van der Waals surface area contributed by atoms with Crippen molar-refractivity contribution < 1.29 is 5.11 Å². The van der Waals surface area contributed by atoms with E-state index in [0.29, 0.717) is 0 Å². The quantitative estimate of drug-likeness (QED) is 0.712. The molecule has 0 aliphatic carbocycles. The van der Waals surface area contributed by atoms with Crippen molar-refractivity contribution in [2.24, 2.45) is 0 Å². The molecule has 1 N–H and O–H groups in total. The minimum absolute atomic E-state index is 0.278. The van der Waals surface area contributed by atoms with Crippen LogP contribution in [-0.4, -0.2) is 14.2 Å². The van der Waals surface area contributed by atoms with Crippen molar-refractivity contribution in [3.8, 4) is 17.1 Å². The van der Waals surface area contributed by atoms with Gasteiger partial charge in [0.05, 0.1) is 11.4 Å². The number of aromatic hydroxyl groups is 1. The van der Waals surface area contributed by atoms with Crippen molar-refractivity contribution in [2.45, 2.75) is 0 Å². The molecule has 0 radical (unpaired) electrons. The fourth-order valence-corrected chi connectivity index (χ4v) is 1.93. The zero-order chi connectivity index (χ0) is 11.7. The van der Waals surface area contributed by atoms with Crippen LogP contribution in [-0.2, 0) is 0 Å². The highest BCUT2D eigenvalue weighted by Crippen LogP contribution is 2.29. The lowest BCUT2D eigenvalue weighted by molar-refractivity contribution is 0.469. The summed E-state index contributed by atoms with van der Waals surface area (Å²) in [6, 6.07) is 13.4. The van der Waals surface area contributed by atoms with Crippen molar-refractivity contribution in [3.63, 3.8) is 0 Å². The van der Waals surface area contributed by atoms with Crippen LogP contribution >= 0.6 is 0 Å². The second kappa shape index (κ2) is 3.87. The van der Waals surface area contributed by atoms with E-state index in [1.54, 1.807) is 0 Å². The molecule has 17 heavy (non-hydrogen) atoms. The second-order valence-electron chi connectivity index (χ2n) is 3.83. The molecular formula is C14H12N2O. The Hall–Kier alpha value is -2.42. The van der Waals surface area contributed by atoms with Gasteiger partial charge in [0, 0.05) is 24.8 Å². The maximum Gasteiger partial charge on any atom is 0.163 e. The van der Waals surface area contributed by atoms with Crippen LogP contribution in [0.3, 0.4) is 0 Å². The summed E-state index contributed by atoms with van der Waals surface area (Å²) in [4.78, 5) is 0. The lowest BCUT2D eigenvalue weighted by Gasteiger charge is -2.11. The van der Waals surface area contributed by atoms with Crippen molar-refractivity contribution >= 4 is 0 Å². The molecule has 3 heteroatoms. The summed E-state index contributed by atoms with van der Waals surface area (Å²) in [5.74, 6) is 0.278. The largest absolute Gasteiger partial charge is 0.504 e. The van der Waals surface area contributed by atoms with Crippen LogP contribution in [0.25, 0.3) is 11.4 Å². The third kappa shape index (κ3) is 1.61. The molecule has 0 fully saturated rings. The molecule has 0 spiro atoms. The summed E-state index contributed by atoms with van der Waals surface area (Å²) in [5, 5.41) is 10.3. The van der Waals surface area contributed by atoms with Gasteiger partial charge in [0.25, 0.3) is 0 Å². The number of phenols is 1. The van der Waals surface area contributed by atoms with Gasteiger partial charge < -0.3 is 14.2 Å². The molecule has 2 aromatic heterocycles. The molecule has 3 rings (SSSR count). The number of benzene rings is 1. The van der Waals surface area contributed by atoms with E-state index in [2.05, 4.69) is 0 Å². The van der Waals surface area contributed by atoms with E-state index in [9.17, 15) is 5.11 Å². The number of nitrogens with zero attached hydrogens (tertiary/aromatic N) is 2. The molecule has 3 nitrogen and oxygen atoms in total. The Kier molecular flexibility index (Phi) is 2.22. The average molecular weight is 224 g/mol. The fraction of sp³-hybridized carbons (Fsp3) is 0. The standard InChI is InChI=1S/C14H12N2O/c17-14-12(15-8-1-2-9-15)6-5-7-13(14)16-10-3-4-11-16/h1-11,17H. The zero-order valence-corrected chi connectivity index (χ0v) is 9.19. The first-order chi connectivity index (χ1) is 8.36. The van der Waals surface area contributed by atoms with Gasteiger partial charge in [0.15, 0.2) is 5.75 Å². The fourth-order valence-electron chi connectivity index (χ4n) is 1.93. The lowest BCUT2D eigenvalue weighted by atomic mass is 10.2. The van der Waals surface area contributed by atoms with Gasteiger partial charge in [-0.2, -0.15) is 0 Å². The van der Waals surface area contributed by atoms with E-state index >= 15 is 0 Å². The Morgan fingerprint density at radius 3 is 1.47 bits per heavy atom. The van der Waals surface area contributed by atoms with Gasteiger partial charge in [-0.1, -0.05) is 6.07 Å². The van der Waals surface area contributed by atoms with Crippen LogP contribution in [0.2, 0.25) is 0 Å². The minimum atomic E-state index is 0.278. The maximum absolute atomic E-state index is 10.3. The zero-order valence-electron chi connectivity index (χ0n) is 9.19. The number of aromatic nitrogens is 2. The normalized spacial score (nSPS) is 10.6. The third-order valence-electron chi connectivity index (χ3n) is 2.76. The smallest absolute Gasteiger partial charge is 0.163 e. The Labute approximate surface area is 99.2 Å². The number of rotatable bonds is 2. The third-order valence-corrected chi connectivity index (χ3v) is 2.76. The predicted molar refractivity (Wildman–Crippen MR) is 66.8 cm³/mol. The van der Waals surface area contributed by atoms with Gasteiger partial charge in [0.2, 0.25) is 0 Å². The van der Waals surface area contributed by atoms with Crippen molar-refractivity contribution in [1.29, 1.82) is 0 Å². The maximum atomic E-state index is 10.3. The molecular weight excluding hydrogens is 212 g/mol. The van der Waals surface area contributed by atoms with Crippen molar-refractivity contribution in [1.82, 2.24) is 9.13 Å². The van der Waals surface area contributed by atoms with Crippen molar-refractivity contribution in [2.75, 3.05) is 0 Å². The first-order valence-corrected chi connectivity index (χ1v) is 5.45. The molecule has 1 aromatic carbocycles. The molecule has 0 saturated heterocycles. The highest BCUT2D eigenvalue weighted by atomic mass is 16.3. The summed E-state index contributed by atoms with van der Waals surface area (Å²) < 4.78 is 3.78. The number of phenolic OH excluding ortho intramolecular Hbond substituents is 1. The van der Waals surface area contributed by atoms with Gasteiger partial charge >= 0.3 is 0 Å². The Bertz CT molecular complexity index is 557. The van der Waals surface area contributed by atoms with Crippen molar-refractivity contribution in [3.05, 3.63) is 67.3 Å². The Balaban J connectivity index is 2.17. The summed E-state index contributed by atoms with van der Waals surface area (Å²) in [7, 11) is 0. The molecule has 3 aromatic rings. The molecule has 0 unspecified atom stereocenters. The number of hydrogen-bond acceptors (Lipinski definition) is 1. The van der Waals surface area contributed by atoms with Gasteiger partial charge in [-0.3, -0.25) is 0 Å². The first-order valence-electron chi connectivity index (χ1n) is 5.45. The average Bonchev–Trinajstić information content (AvgIpc) is 3.02. The SMILES string of the molecule is Oc1c(-n2cccc2)cccc1-n1cccc1. The second-order valence-corrected chi connectivity index (χ2v) is 3.83. The van der Waals surface area contributed by atoms with E-state index < -0.39 is 0 Å². The molecule has 0 saturated carbocycles. The summed E-state index contributed by atoms with van der Waals surface area (Å²) in [6.45, 7) is 0. The van der Waals surface area contributed by atoms with Crippen LogP contribution in [0.15, 0.2) is 67.3 Å². The van der Waals surface area contributed by atoms with E-state index in [1.807, 2.05) is 76.4 Å². The highest BCUT2D eigenvalue weighted by molar-refractivity contribution is 5.58. The van der Waals surface area contributed by atoms with E-state index in [0.717, 1.165) is 11.4 Å². The molecule has 0 aliphatic heterocycles. The topological polar surface area (TPSA) is 30.1 Å². The van der Waals surface area contributed by atoms with Gasteiger partial charge in [0.1, 0.15) is 0 Å². The highest BCUT2D eigenvalue weighted by Gasteiger charge is 2.08. The van der Waals surface area contributed by atoms with E-state index in [1.165, 1.54) is 0 Å². The summed E-state index contributed by atoms with van der Waals surface area (Å²) in [6.07, 6.45) is 7.64. The summed E-state index contributed by atoms with van der Waals surface area (Å²) >= 11 is 0. The molecule has 0 bridgehead atoms. The van der Waals surface area contributed by atoms with Gasteiger partial charge in [-0.25, -0.2) is 0 Å². The molecule has 0 aliphatic rings. The molecule has 0 atom stereocenters. The lowest BCUT2D eigenvalue weighted by Crippen LogP contribution is -1.96. The van der Waals surface area contributed by atoms with Crippen LogP contribution in [0, 0.1) is 0 Å². The monoisotopic (exact) mass is 224 g/mol. The minimum Gasteiger partial charge on any atom is -0.504 e. The van der Waals surface area contributed by atoms with Crippen LogP contribution in [0.5, 0.6) is 5.75 Å². The number of hydrogen-bond donors (Lipinski definition) is 1. The van der Waals surface area contributed by atoms with Gasteiger partial charge in [-0.15, -0.1) is 0 Å². The van der Waals surface area contributed by atoms with Crippen LogP contribution in [0.4, 0.5) is 0 Å². The van der Waals surface area contributed by atoms with Crippen LogP contribution < -0.4 is 0 Å². The molecule has 84 valence electrons.